The van der Waals surface area contributed by atoms with E-state index in [-0.39, 0.29) is 18.7 Å². The Bertz CT molecular complexity index is 402. The molecule has 0 saturated carbocycles. The molecule has 1 aromatic rings. The lowest BCUT2D eigenvalue weighted by Crippen LogP contribution is -2.36. The Kier molecular flexibility index (Phi) is 4.87. The first-order chi connectivity index (χ1) is 8.13. The number of carboxylic acid groups (broad SMARTS) is 1. The Hall–Kier alpha value is -2.17. The van der Waals surface area contributed by atoms with Gasteiger partial charge in [-0.05, 0) is 18.6 Å². The molecule has 0 aliphatic heterocycles. The first-order valence-electron chi connectivity index (χ1n) is 5.16. The SMILES string of the molecule is O=C[C@H](CCC(=O)O)NC(=O)c1ccccc1. The summed E-state index contributed by atoms with van der Waals surface area (Å²) in [6, 6.07) is 7.67. The van der Waals surface area contributed by atoms with Crippen LogP contribution < -0.4 is 5.32 Å². The van der Waals surface area contributed by atoms with Crippen molar-refractivity contribution in [1.82, 2.24) is 5.32 Å². The number of aldehydes is 1. The number of carbonyl (C=O) groups is 3. The molecule has 90 valence electrons. The Labute approximate surface area is 98.4 Å². The number of carboxylic acids is 1. The van der Waals surface area contributed by atoms with Gasteiger partial charge < -0.3 is 15.2 Å². The predicted molar refractivity (Wildman–Crippen MR) is 60.6 cm³/mol. The number of nitrogens with one attached hydrogen (secondary N) is 1. The molecule has 0 unspecified atom stereocenters. The van der Waals surface area contributed by atoms with Gasteiger partial charge in [0.2, 0.25) is 0 Å². The fraction of sp³-hybridized carbons (Fsp3) is 0.250. The van der Waals surface area contributed by atoms with Crippen LogP contribution >= 0.6 is 0 Å². The third-order valence-electron chi connectivity index (χ3n) is 2.19. The Balaban J connectivity index is 2.54. The van der Waals surface area contributed by atoms with Crippen LogP contribution in [-0.2, 0) is 9.59 Å². The fourth-order valence-electron chi connectivity index (χ4n) is 1.29. The molecule has 0 spiro atoms. The van der Waals surface area contributed by atoms with E-state index < -0.39 is 12.0 Å². The molecule has 0 aromatic heterocycles. The third kappa shape index (κ3) is 4.46. The second-order valence-electron chi connectivity index (χ2n) is 3.51. The minimum absolute atomic E-state index is 0.0946. The summed E-state index contributed by atoms with van der Waals surface area (Å²) in [5.74, 6) is -1.38. The van der Waals surface area contributed by atoms with E-state index in [1.54, 1.807) is 30.3 Å². The lowest BCUT2D eigenvalue weighted by molar-refractivity contribution is -0.137. The van der Waals surface area contributed by atoms with Gasteiger partial charge in [-0.15, -0.1) is 0 Å². The fourth-order valence-corrected chi connectivity index (χ4v) is 1.29. The van der Waals surface area contributed by atoms with Crippen LogP contribution in [0.15, 0.2) is 30.3 Å². The number of carbonyl (C=O) groups excluding carboxylic acids is 2. The van der Waals surface area contributed by atoms with Gasteiger partial charge in [0.15, 0.2) is 0 Å². The molecule has 0 heterocycles. The molecule has 2 N–H and O–H groups in total. The maximum atomic E-state index is 11.6. The smallest absolute Gasteiger partial charge is 0.303 e. The zero-order valence-electron chi connectivity index (χ0n) is 9.13. The zero-order chi connectivity index (χ0) is 12.7. The molecule has 0 saturated heterocycles. The molecule has 1 rings (SSSR count). The number of rotatable bonds is 6. The zero-order valence-corrected chi connectivity index (χ0v) is 9.13. The second-order valence-corrected chi connectivity index (χ2v) is 3.51. The first kappa shape index (κ1) is 12.9. The van der Waals surface area contributed by atoms with Crippen LogP contribution in [0.3, 0.4) is 0 Å². The van der Waals surface area contributed by atoms with E-state index in [0.717, 1.165) is 0 Å². The van der Waals surface area contributed by atoms with Gasteiger partial charge in [-0.1, -0.05) is 18.2 Å². The highest BCUT2D eigenvalue weighted by molar-refractivity contribution is 5.95. The highest BCUT2D eigenvalue weighted by Gasteiger charge is 2.13. The molecule has 0 fully saturated rings. The van der Waals surface area contributed by atoms with Crippen molar-refractivity contribution in [3.8, 4) is 0 Å². The van der Waals surface area contributed by atoms with Gasteiger partial charge in [0.25, 0.3) is 5.91 Å². The molecule has 0 bridgehead atoms. The first-order valence-corrected chi connectivity index (χ1v) is 5.16. The van der Waals surface area contributed by atoms with Gasteiger partial charge in [-0.25, -0.2) is 0 Å². The van der Waals surface area contributed by atoms with Gasteiger partial charge in [-0.2, -0.15) is 0 Å². The molecule has 1 aromatic carbocycles. The normalized spacial score (nSPS) is 11.5. The Morgan fingerprint density at radius 1 is 1.29 bits per heavy atom. The van der Waals surface area contributed by atoms with Crippen molar-refractivity contribution in [3.63, 3.8) is 0 Å². The molecule has 17 heavy (non-hydrogen) atoms. The monoisotopic (exact) mass is 235 g/mol. The van der Waals surface area contributed by atoms with Crippen LogP contribution in [0.25, 0.3) is 0 Å². The summed E-state index contributed by atoms with van der Waals surface area (Å²) >= 11 is 0. The number of amides is 1. The van der Waals surface area contributed by atoms with Crippen molar-refractivity contribution in [2.45, 2.75) is 18.9 Å². The molecule has 0 aliphatic rings. The minimum Gasteiger partial charge on any atom is -0.481 e. The summed E-state index contributed by atoms with van der Waals surface area (Å²) in [5, 5.41) is 10.9. The van der Waals surface area contributed by atoms with Crippen molar-refractivity contribution >= 4 is 18.2 Å². The van der Waals surface area contributed by atoms with Crippen LogP contribution in [0.1, 0.15) is 23.2 Å². The van der Waals surface area contributed by atoms with Crippen molar-refractivity contribution in [2.75, 3.05) is 0 Å². The van der Waals surface area contributed by atoms with Crippen LogP contribution in [0.5, 0.6) is 0 Å². The van der Waals surface area contributed by atoms with E-state index in [9.17, 15) is 14.4 Å². The maximum absolute atomic E-state index is 11.6. The van der Waals surface area contributed by atoms with E-state index in [2.05, 4.69) is 5.32 Å². The Morgan fingerprint density at radius 2 is 1.94 bits per heavy atom. The summed E-state index contributed by atoms with van der Waals surface area (Å²) in [4.78, 5) is 32.7. The highest BCUT2D eigenvalue weighted by Crippen LogP contribution is 2.01. The van der Waals surface area contributed by atoms with Crippen molar-refractivity contribution in [1.29, 1.82) is 0 Å². The van der Waals surface area contributed by atoms with Gasteiger partial charge in [0.1, 0.15) is 6.29 Å². The van der Waals surface area contributed by atoms with Crippen molar-refractivity contribution < 1.29 is 19.5 Å². The van der Waals surface area contributed by atoms with Crippen LogP contribution in [-0.4, -0.2) is 29.3 Å². The van der Waals surface area contributed by atoms with Gasteiger partial charge >= 0.3 is 5.97 Å². The third-order valence-corrected chi connectivity index (χ3v) is 2.19. The maximum Gasteiger partial charge on any atom is 0.303 e. The van der Waals surface area contributed by atoms with Crippen molar-refractivity contribution in [3.05, 3.63) is 35.9 Å². The van der Waals surface area contributed by atoms with Gasteiger partial charge in [0, 0.05) is 12.0 Å². The topological polar surface area (TPSA) is 83.5 Å². The second kappa shape index (κ2) is 6.42. The predicted octanol–water partition coefficient (Wildman–Crippen LogP) is 0.849. The average molecular weight is 235 g/mol. The summed E-state index contributed by atoms with van der Waals surface area (Å²) in [6.45, 7) is 0. The van der Waals surface area contributed by atoms with E-state index in [1.165, 1.54) is 0 Å². The lowest BCUT2D eigenvalue weighted by atomic mass is 10.1. The van der Waals surface area contributed by atoms with Crippen LogP contribution in [0, 0.1) is 0 Å². The van der Waals surface area contributed by atoms with Crippen molar-refractivity contribution in [2.24, 2.45) is 0 Å². The molecule has 1 atom stereocenters. The van der Waals surface area contributed by atoms with E-state index in [0.29, 0.717) is 11.8 Å². The summed E-state index contributed by atoms with van der Waals surface area (Å²) in [6.07, 6.45) is 0.486. The van der Waals surface area contributed by atoms with E-state index in [4.69, 9.17) is 5.11 Å². The molecular weight excluding hydrogens is 222 g/mol. The number of hydrogen-bond donors (Lipinski definition) is 2. The van der Waals surface area contributed by atoms with E-state index >= 15 is 0 Å². The van der Waals surface area contributed by atoms with Gasteiger partial charge in [-0.3, -0.25) is 9.59 Å². The Morgan fingerprint density at radius 3 is 2.47 bits per heavy atom. The largest absolute Gasteiger partial charge is 0.481 e. The molecular formula is C12H13NO4. The number of hydrogen-bond acceptors (Lipinski definition) is 3. The molecule has 5 nitrogen and oxygen atoms in total. The molecule has 0 aliphatic carbocycles. The highest BCUT2D eigenvalue weighted by atomic mass is 16.4. The molecule has 5 heteroatoms. The van der Waals surface area contributed by atoms with E-state index in [1.807, 2.05) is 0 Å². The quantitative estimate of drug-likeness (QED) is 0.716. The molecule has 1 amide bonds. The summed E-state index contributed by atoms with van der Waals surface area (Å²) < 4.78 is 0. The van der Waals surface area contributed by atoms with Gasteiger partial charge in [0.05, 0.1) is 6.04 Å². The summed E-state index contributed by atoms with van der Waals surface area (Å²) in [5.41, 5.74) is 0.440. The number of benzene rings is 1. The minimum atomic E-state index is -0.995. The lowest BCUT2D eigenvalue weighted by Gasteiger charge is -2.11. The standard InChI is InChI=1S/C12H13NO4/c14-8-10(6-7-11(15)16)13-12(17)9-4-2-1-3-5-9/h1-5,8,10H,6-7H2,(H,13,17)(H,15,16)/t10-/m0/s1. The average Bonchev–Trinajstić information content (AvgIpc) is 2.35. The number of aliphatic carboxylic acids is 1. The van der Waals surface area contributed by atoms with Crippen LogP contribution in [0.4, 0.5) is 0 Å². The van der Waals surface area contributed by atoms with Crippen LogP contribution in [0.2, 0.25) is 0 Å². The summed E-state index contributed by atoms with van der Waals surface area (Å²) in [7, 11) is 0. The molecule has 0 radical (unpaired) electrons.